The summed E-state index contributed by atoms with van der Waals surface area (Å²) in [6.45, 7) is 1.76. The standard InChI is InChI=1S/C14H13N3OS/c1-14(18,13-8-5-9-19-13)12-10-15-16-17(12)11-6-3-2-4-7-11/h2-10,18H,1H3. The van der Waals surface area contributed by atoms with Gasteiger partial charge >= 0.3 is 0 Å². The largest absolute Gasteiger partial charge is 0.378 e. The number of hydrogen-bond acceptors (Lipinski definition) is 4. The maximum absolute atomic E-state index is 10.8. The van der Waals surface area contributed by atoms with Crippen LogP contribution >= 0.6 is 11.3 Å². The smallest absolute Gasteiger partial charge is 0.139 e. The first kappa shape index (κ1) is 12.1. The van der Waals surface area contributed by atoms with Crippen molar-refractivity contribution in [3.05, 3.63) is 64.6 Å². The van der Waals surface area contributed by atoms with Crippen LogP contribution in [0.3, 0.4) is 0 Å². The Kier molecular flexibility index (Phi) is 2.93. The summed E-state index contributed by atoms with van der Waals surface area (Å²) >= 11 is 1.51. The minimum Gasteiger partial charge on any atom is -0.378 e. The van der Waals surface area contributed by atoms with E-state index in [-0.39, 0.29) is 0 Å². The van der Waals surface area contributed by atoms with Crippen molar-refractivity contribution in [1.29, 1.82) is 0 Å². The van der Waals surface area contributed by atoms with Crippen LogP contribution in [0.15, 0.2) is 54.0 Å². The molecule has 1 unspecified atom stereocenters. The summed E-state index contributed by atoms with van der Waals surface area (Å²) in [6, 6.07) is 13.5. The van der Waals surface area contributed by atoms with Gasteiger partial charge in [-0.1, -0.05) is 29.5 Å². The summed E-state index contributed by atoms with van der Waals surface area (Å²) < 4.78 is 1.67. The monoisotopic (exact) mass is 271 g/mol. The van der Waals surface area contributed by atoms with Gasteiger partial charge in [-0.3, -0.25) is 0 Å². The molecule has 3 rings (SSSR count). The molecule has 0 radical (unpaired) electrons. The lowest BCUT2D eigenvalue weighted by Crippen LogP contribution is -2.25. The Morgan fingerprint density at radius 3 is 2.63 bits per heavy atom. The number of aliphatic hydroxyl groups is 1. The lowest BCUT2D eigenvalue weighted by Gasteiger charge is -2.22. The summed E-state index contributed by atoms with van der Waals surface area (Å²) in [7, 11) is 0. The van der Waals surface area contributed by atoms with Gasteiger partial charge in [0, 0.05) is 4.88 Å². The molecule has 0 fully saturated rings. The second-order valence-electron chi connectivity index (χ2n) is 4.42. The van der Waals surface area contributed by atoms with Crippen LogP contribution in [0.25, 0.3) is 5.69 Å². The van der Waals surface area contributed by atoms with Gasteiger partial charge in [-0.2, -0.15) is 0 Å². The van der Waals surface area contributed by atoms with Gasteiger partial charge < -0.3 is 5.11 Å². The summed E-state index contributed by atoms with van der Waals surface area (Å²) in [5.74, 6) is 0. The summed E-state index contributed by atoms with van der Waals surface area (Å²) in [6.07, 6.45) is 1.60. The number of nitrogens with zero attached hydrogens (tertiary/aromatic N) is 3. The molecule has 1 N–H and O–H groups in total. The maximum Gasteiger partial charge on any atom is 0.139 e. The third kappa shape index (κ3) is 2.07. The van der Waals surface area contributed by atoms with Gasteiger partial charge in [-0.15, -0.1) is 16.4 Å². The van der Waals surface area contributed by atoms with Crippen LogP contribution in [0.4, 0.5) is 0 Å². The number of benzene rings is 1. The molecule has 96 valence electrons. The Morgan fingerprint density at radius 2 is 1.95 bits per heavy atom. The van der Waals surface area contributed by atoms with Crippen molar-refractivity contribution in [1.82, 2.24) is 15.0 Å². The number of rotatable bonds is 3. The lowest BCUT2D eigenvalue weighted by atomic mass is 10.0. The summed E-state index contributed by atoms with van der Waals surface area (Å²) in [5, 5.41) is 20.7. The van der Waals surface area contributed by atoms with Crippen LogP contribution in [0.2, 0.25) is 0 Å². The van der Waals surface area contributed by atoms with Crippen LogP contribution in [0, 0.1) is 0 Å². The number of para-hydroxylation sites is 1. The molecule has 0 aliphatic carbocycles. The van der Waals surface area contributed by atoms with Crippen LogP contribution < -0.4 is 0 Å². The quantitative estimate of drug-likeness (QED) is 0.796. The third-order valence-electron chi connectivity index (χ3n) is 3.05. The maximum atomic E-state index is 10.8. The number of hydrogen-bond donors (Lipinski definition) is 1. The summed E-state index contributed by atoms with van der Waals surface area (Å²) in [5.41, 5.74) is 0.432. The molecule has 0 saturated carbocycles. The molecule has 19 heavy (non-hydrogen) atoms. The first-order valence-corrected chi connectivity index (χ1v) is 6.80. The van der Waals surface area contributed by atoms with E-state index in [9.17, 15) is 5.11 Å². The van der Waals surface area contributed by atoms with Crippen molar-refractivity contribution >= 4 is 11.3 Å². The van der Waals surface area contributed by atoms with Crippen molar-refractivity contribution in [3.8, 4) is 5.69 Å². The van der Waals surface area contributed by atoms with Gasteiger partial charge in [0.15, 0.2) is 0 Å². The van der Waals surface area contributed by atoms with E-state index in [4.69, 9.17) is 0 Å². The van der Waals surface area contributed by atoms with Crippen molar-refractivity contribution in [3.63, 3.8) is 0 Å². The highest BCUT2D eigenvalue weighted by Crippen LogP contribution is 2.32. The SMILES string of the molecule is CC(O)(c1cccs1)c1cnnn1-c1ccccc1. The molecule has 4 nitrogen and oxygen atoms in total. The molecule has 5 heteroatoms. The second-order valence-corrected chi connectivity index (χ2v) is 5.36. The molecule has 0 aliphatic heterocycles. The van der Waals surface area contributed by atoms with E-state index in [1.54, 1.807) is 17.8 Å². The molecule has 0 amide bonds. The van der Waals surface area contributed by atoms with Gasteiger partial charge in [0.2, 0.25) is 0 Å². The third-order valence-corrected chi connectivity index (χ3v) is 4.13. The first-order chi connectivity index (χ1) is 9.19. The normalized spacial score (nSPS) is 14.2. The van der Waals surface area contributed by atoms with Crippen molar-refractivity contribution < 1.29 is 5.11 Å². The highest BCUT2D eigenvalue weighted by molar-refractivity contribution is 7.10. The fourth-order valence-electron chi connectivity index (χ4n) is 2.01. The Balaban J connectivity index is 2.11. The molecule has 0 bridgehead atoms. The van der Waals surface area contributed by atoms with Gasteiger partial charge in [0.05, 0.1) is 11.9 Å². The predicted octanol–water partition coefficient (Wildman–Crippen LogP) is 2.58. The Hall–Kier alpha value is -1.98. The zero-order chi connectivity index (χ0) is 13.3. The van der Waals surface area contributed by atoms with Crippen molar-refractivity contribution in [2.75, 3.05) is 0 Å². The Labute approximate surface area is 115 Å². The van der Waals surface area contributed by atoms with Gasteiger partial charge in [0.1, 0.15) is 11.3 Å². The van der Waals surface area contributed by atoms with Gasteiger partial charge in [0.25, 0.3) is 0 Å². The molecule has 0 spiro atoms. The predicted molar refractivity (Wildman–Crippen MR) is 74.4 cm³/mol. The minimum atomic E-state index is -1.10. The van der Waals surface area contributed by atoms with Gasteiger partial charge in [-0.25, -0.2) is 4.68 Å². The minimum absolute atomic E-state index is 0.654. The first-order valence-electron chi connectivity index (χ1n) is 5.92. The fraction of sp³-hybridized carbons (Fsp3) is 0.143. The Bertz CT molecular complexity index is 659. The molecule has 1 atom stereocenters. The topological polar surface area (TPSA) is 50.9 Å². The van der Waals surface area contributed by atoms with Crippen molar-refractivity contribution in [2.45, 2.75) is 12.5 Å². The van der Waals surface area contributed by atoms with E-state index in [0.29, 0.717) is 5.69 Å². The number of thiophene rings is 1. The lowest BCUT2D eigenvalue weighted by molar-refractivity contribution is 0.0985. The Morgan fingerprint density at radius 1 is 1.16 bits per heavy atom. The molecule has 3 aromatic rings. The molecular weight excluding hydrogens is 258 g/mol. The highest BCUT2D eigenvalue weighted by Gasteiger charge is 2.31. The average molecular weight is 271 g/mol. The van der Waals surface area contributed by atoms with E-state index in [2.05, 4.69) is 10.3 Å². The van der Waals surface area contributed by atoms with Crippen LogP contribution in [-0.2, 0) is 5.60 Å². The van der Waals surface area contributed by atoms with E-state index >= 15 is 0 Å². The van der Waals surface area contributed by atoms with Crippen LogP contribution in [0.1, 0.15) is 17.5 Å². The summed E-state index contributed by atoms with van der Waals surface area (Å²) in [4.78, 5) is 0.868. The van der Waals surface area contributed by atoms with E-state index in [1.807, 2.05) is 47.8 Å². The zero-order valence-corrected chi connectivity index (χ0v) is 11.2. The van der Waals surface area contributed by atoms with E-state index in [0.717, 1.165) is 10.6 Å². The van der Waals surface area contributed by atoms with Crippen LogP contribution in [0.5, 0.6) is 0 Å². The zero-order valence-electron chi connectivity index (χ0n) is 10.4. The van der Waals surface area contributed by atoms with E-state index < -0.39 is 5.60 Å². The fourth-order valence-corrected chi connectivity index (χ4v) is 2.80. The molecule has 2 heterocycles. The molecule has 1 aromatic carbocycles. The molecular formula is C14H13N3OS. The highest BCUT2D eigenvalue weighted by atomic mass is 32.1. The number of aromatic nitrogens is 3. The average Bonchev–Trinajstić information content (AvgIpc) is 3.11. The second kappa shape index (κ2) is 4.60. The van der Waals surface area contributed by atoms with Crippen LogP contribution in [-0.4, -0.2) is 20.1 Å². The van der Waals surface area contributed by atoms with Crippen molar-refractivity contribution in [2.24, 2.45) is 0 Å². The molecule has 2 aromatic heterocycles. The molecule has 0 aliphatic rings. The van der Waals surface area contributed by atoms with E-state index in [1.165, 1.54) is 11.3 Å². The van der Waals surface area contributed by atoms with Gasteiger partial charge in [-0.05, 0) is 30.5 Å². The molecule has 0 saturated heterocycles.